The molecule has 0 bridgehead atoms. The minimum absolute atomic E-state index is 0.481. The lowest BCUT2D eigenvalue weighted by Gasteiger charge is -2.40. The Morgan fingerprint density at radius 3 is 1.86 bits per heavy atom. The zero-order valence-electron chi connectivity index (χ0n) is 19.6. The Balaban J connectivity index is 1.60. The number of hydrogen-bond acceptors (Lipinski definition) is 4. The predicted molar refractivity (Wildman–Crippen MR) is 136 cm³/mol. The van der Waals surface area contributed by atoms with Gasteiger partial charge in [0.25, 0.3) is 0 Å². The Morgan fingerprint density at radius 1 is 0.600 bits per heavy atom. The number of rotatable bonds is 2. The quantitative estimate of drug-likeness (QED) is 0.298. The van der Waals surface area contributed by atoms with Crippen molar-refractivity contribution < 1.29 is 4.74 Å². The van der Waals surface area contributed by atoms with Crippen LogP contribution in [0.3, 0.4) is 0 Å². The topological polar surface area (TPSA) is 47.9 Å². The number of hydrogen-bond donors (Lipinski definition) is 0. The molecule has 1 aliphatic carbocycles. The van der Waals surface area contributed by atoms with E-state index in [0.29, 0.717) is 6.42 Å². The van der Waals surface area contributed by atoms with E-state index in [-0.39, 0.29) is 0 Å². The molecule has 168 valence electrons. The fourth-order valence-electron chi connectivity index (χ4n) is 6.08. The van der Waals surface area contributed by atoms with E-state index >= 15 is 0 Å². The third-order valence-corrected chi connectivity index (χ3v) is 7.20. The first-order valence-electron chi connectivity index (χ1n) is 11.9. The lowest BCUT2D eigenvalue weighted by molar-refractivity contribution is 0.436. The molecule has 1 aliphatic heterocycles. The molecule has 2 heterocycles. The summed E-state index contributed by atoms with van der Waals surface area (Å²) in [6.07, 6.45) is 0.633. The Hall–Kier alpha value is -4.31. The molecule has 0 amide bonds. The van der Waals surface area contributed by atoms with Crippen LogP contribution in [0.25, 0.3) is 11.1 Å². The second-order valence-electron chi connectivity index (χ2n) is 9.25. The molecule has 1 spiro atoms. The molecule has 1 aromatic heterocycles. The maximum absolute atomic E-state index is 6.45. The minimum Gasteiger partial charge on any atom is -0.457 e. The molecule has 0 radical (unpaired) electrons. The highest BCUT2D eigenvalue weighted by Gasteiger charge is 2.51. The summed E-state index contributed by atoms with van der Waals surface area (Å²) in [6.45, 7) is 3.85. The summed E-state index contributed by atoms with van der Waals surface area (Å²) in [4.78, 5) is 13.7. The molecular formula is C31H23N3O. The van der Waals surface area contributed by atoms with Crippen LogP contribution >= 0.6 is 0 Å². The summed E-state index contributed by atoms with van der Waals surface area (Å²) < 4.78 is 6.45. The van der Waals surface area contributed by atoms with Gasteiger partial charge in [-0.15, -0.1) is 0 Å². The van der Waals surface area contributed by atoms with E-state index in [9.17, 15) is 0 Å². The van der Waals surface area contributed by atoms with E-state index in [1.165, 1.54) is 38.9 Å². The van der Waals surface area contributed by atoms with E-state index < -0.39 is 5.41 Å². The number of nitrogens with zero attached hydrogens (tertiary/aromatic N) is 3. The van der Waals surface area contributed by atoms with Gasteiger partial charge >= 0.3 is 0 Å². The number of fused-ring (bicyclic) bond motifs is 9. The maximum Gasteiger partial charge on any atom is 0.136 e. The molecule has 7 rings (SSSR count). The van der Waals surface area contributed by atoms with Gasteiger partial charge in [0.2, 0.25) is 0 Å². The summed E-state index contributed by atoms with van der Waals surface area (Å²) in [5, 5.41) is 0. The predicted octanol–water partition coefficient (Wildman–Crippen LogP) is 6.55. The highest BCUT2D eigenvalue weighted by Crippen LogP contribution is 2.62. The zero-order chi connectivity index (χ0) is 23.6. The number of aryl methyl sites for hydroxylation is 2. The first-order valence-corrected chi connectivity index (χ1v) is 11.9. The minimum atomic E-state index is -0.481. The first-order chi connectivity index (χ1) is 17.2. The van der Waals surface area contributed by atoms with Crippen molar-refractivity contribution >= 4 is 0 Å². The van der Waals surface area contributed by atoms with Crippen molar-refractivity contribution in [2.45, 2.75) is 25.7 Å². The van der Waals surface area contributed by atoms with Crippen molar-refractivity contribution in [2.24, 2.45) is 0 Å². The normalized spacial score (nSPS) is 14.0. The molecule has 0 unspecified atom stereocenters. The number of aromatic nitrogens is 3. The summed E-state index contributed by atoms with van der Waals surface area (Å²) in [5.74, 6) is 4.09. The molecule has 35 heavy (non-hydrogen) atoms. The van der Waals surface area contributed by atoms with Crippen molar-refractivity contribution in [1.82, 2.24) is 15.0 Å². The van der Waals surface area contributed by atoms with Crippen LogP contribution in [-0.4, -0.2) is 15.0 Å². The molecule has 4 heteroatoms. The summed E-state index contributed by atoms with van der Waals surface area (Å²) in [5.41, 5.74) is 8.17. The van der Waals surface area contributed by atoms with Crippen LogP contribution in [0.15, 0.2) is 91.0 Å². The number of benzene rings is 4. The summed E-state index contributed by atoms with van der Waals surface area (Å²) in [7, 11) is 0. The lowest BCUT2D eigenvalue weighted by Crippen LogP contribution is -2.33. The Bertz CT molecular complexity index is 1570. The van der Waals surface area contributed by atoms with Crippen molar-refractivity contribution in [2.75, 3.05) is 0 Å². The van der Waals surface area contributed by atoms with Gasteiger partial charge in [-0.3, -0.25) is 0 Å². The van der Waals surface area contributed by atoms with Crippen molar-refractivity contribution in [3.8, 4) is 22.6 Å². The number of para-hydroxylation sites is 2. The first kappa shape index (κ1) is 20.1. The molecular weight excluding hydrogens is 430 g/mol. The molecule has 0 saturated carbocycles. The van der Waals surface area contributed by atoms with Gasteiger partial charge in [-0.2, -0.15) is 0 Å². The highest BCUT2D eigenvalue weighted by atomic mass is 16.5. The van der Waals surface area contributed by atoms with Crippen molar-refractivity contribution in [1.29, 1.82) is 0 Å². The maximum atomic E-state index is 6.45. The second-order valence-corrected chi connectivity index (χ2v) is 9.25. The lowest BCUT2D eigenvalue weighted by atomic mass is 9.65. The average Bonchev–Trinajstić information content (AvgIpc) is 3.16. The van der Waals surface area contributed by atoms with Gasteiger partial charge in [-0.05, 0) is 53.8 Å². The summed E-state index contributed by atoms with van der Waals surface area (Å²) in [6, 6.07) is 32.3. The van der Waals surface area contributed by atoms with E-state index in [2.05, 4.69) is 93.8 Å². The summed E-state index contributed by atoms with van der Waals surface area (Å²) >= 11 is 0. The van der Waals surface area contributed by atoms with Gasteiger partial charge < -0.3 is 4.74 Å². The van der Waals surface area contributed by atoms with Crippen LogP contribution in [0, 0.1) is 13.8 Å². The molecule has 2 aliphatic rings. The van der Waals surface area contributed by atoms with E-state index in [1.807, 2.05) is 26.0 Å². The van der Waals surface area contributed by atoms with Crippen LogP contribution < -0.4 is 4.74 Å². The van der Waals surface area contributed by atoms with Crippen LogP contribution in [0.1, 0.15) is 45.3 Å². The largest absolute Gasteiger partial charge is 0.457 e. The third-order valence-electron chi connectivity index (χ3n) is 7.20. The van der Waals surface area contributed by atoms with Crippen LogP contribution in [0.4, 0.5) is 0 Å². The van der Waals surface area contributed by atoms with Crippen molar-refractivity contribution in [3.63, 3.8) is 0 Å². The molecule has 0 atom stereocenters. The van der Waals surface area contributed by atoms with Gasteiger partial charge in [0.1, 0.15) is 29.0 Å². The fraction of sp³-hybridized carbons (Fsp3) is 0.129. The van der Waals surface area contributed by atoms with Crippen LogP contribution in [0.5, 0.6) is 11.5 Å². The SMILES string of the molecule is Cc1nc(C)nc(Cc2cccc3c2C2(c4ccccc4Oc4ccccc42)c2ccccc2-3)n1. The van der Waals surface area contributed by atoms with Crippen LogP contribution in [-0.2, 0) is 11.8 Å². The molecule has 0 fully saturated rings. The van der Waals surface area contributed by atoms with Gasteiger partial charge in [-0.1, -0.05) is 78.9 Å². The highest BCUT2D eigenvalue weighted by molar-refractivity contribution is 5.89. The monoisotopic (exact) mass is 453 g/mol. The number of ether oxygens (including phenoxy) is 1. The van der Waals surface area contributed by atoms with Gasteiger partial charge in [0, 0.05) is 17.5 Å². The smallest absolute Gasteiger partial charge is 0.136 e. The zero-order valence-corrected chi connectivity index (χ0v) is 19.6. The molecule has 0 saturated heterocycles. The van der Waals surface area contributed by atoms with Crippen LogP contribution in [0.2, 0.25) is 0 Å². The molecule has 0 N–H and O–H groups in total. The van der Waals surface area contributed by atoms with Gasteiger partial charge in [0.05, 0.1) is 5.41 Å². The van der Waals surface area contributed by atoms with Gasteiger partial charge in [-0.25, -0.2) is 15.0 Å². The average molecular weight is 454 g/mol. The second kappa shape index (κ2) is 7.34. The molecule has 4 nitrogen and oxygen atoms in total. The molecule has 4 aromatic carbocycles. The molecule has 5 aromatic rings. The fourth-order valence-corrected chi connectivity index (χ4v) is 6.08. The van der Waals surface area contributed by atoms with E-state index in [1.54, 1.807) is 0 Å². The van der Waals surface area contributed by atoms with E-state index in [0.717, 1.165) is 29.0 Å². The Kier molecular flexibility index (Phi) is 4.22. The van der Waals surface area contributed by atoms with E-state index in [4.69, 9.17) is 4.74 Å². The third kappa shape index (κ3) is 2.77. The van der Waals surface area contributed by atoms with Gasteiger partial charge in [0.15, 0.2) is 0 Å². The van der Waals surface area contributed by atoms with Crippen molar-refractivity contribution in [3.05, 3.63) is 136 Å². The Labute approximate surface area is 204 Å². The Morgan fingerprint density at radius 2 is 1.17 bits per heavy atom. The standard InChI is InChI=1S/C31H23N3O/c1-19-32-20(2)34-29(33-19)18-21-10-9-12-23-22-11-3-4-13-24(22)31(30(21)23)25-14-5-7-16-27(25)35-28-17-8-6-15-26(28)31/h3-17H,18H2,1-2H3.